The van der Waals surface area contributed by atoms with Crippen LogP contribution in [0.1, 0.15) is 41.0 Å². The van der Waals surface area contributed by atoms with Crippen LogP contribution in [0.3, 0.4) is 0 Å². The highest BCUT2D eigenvalue weighted by atomic mass is 16.6. The summed E-state index contributed by atoms with van der Waals surface area (Å²) in [5.41, 5.74) is -1.51. The second-order valence-corrected chi connectivity index (χ2v) is 5.51. The molecule has 0 fully saturated rings. The maximum absolute atomic E-state index is 11.8. The standard InChI is InChI=1S/C12H22O5/c1-11(2,3)17-10(15)12(4,5)8-9(14)16-7-6-13/h13H,6-8H2,1-5H3. The lowest BCUT2D eigenvalue weighted by Crippen LogP contribution is -2.35. The molecule has 0 bridgehead atoms. The number of carbonyl (C=O) groups excluding carboxylic acids is 2. The number of ether oxygens (including phenoxy) is 2. The van der Waals surface area contributed by atoms with Crippen molar-refractivity contribution in [1.29, 1.82) is 0 Å². The van der Waals surface area contributed by atoms with Crippen LogP contribution >= 0.6 is 0 Å². The third-order valence-corrected chi connectivity index (χ3v) is 1.89. The van der Waals surface area contributed by atoms with E-state index in [-0.39, 0.29) is 19.6 Å². The van der Waals surface area contributed by atoms with Gasteiger partial charge in [-0.15, -0.1) is 0 Å². The number of rotatable bonds is 5. The second-order valence-electron chi connectivity index (χ2n) is 5.51. The van der Waals surface area contributed by atoms with E-state index in [4.69, 9.17) is 14.6 Å². The van der Waals surface area contributed by atoms with Gasteiger partial charge in [-0.05, 0) is 34.6 Å². The summed E-state index contributed by atoms with van der Waals surface area (Å²) in [5.74, 6) is -0.958. The zero-order chi connectivity index (χ0) is 13.7. The lowest BCUT2D eigenvalue weighted by Gasteiger charge is -2.27. The summed E-state index contributed by atoms with van der Waals surface area (Å²) in [6.07, 6.45) is -0.0675. The zero-order valence-corrected chi connectivity index (χ0v) is 11.2. The third-order valence-electron chi connectivity index (χ3n) is 1.89. The van der Waals surface area contributed by atoms with E-state index in [1.807, 2.05) is 0 Å². The van der Waals surface area contributed by atoms with Gasteiger partial charge in [0.05, 0.1) is 18.4 Å². The van der Waals surface area contributed by atoms with E-state index in [0.717, 1.165) is 0 Å². The lowest BCUT2D eigenvalue weighted by atomic mass is 9.89. The number of hydrogen-bond acceptors (Lipinski definition) is 5. The van der Waals surface area contributed by atoms with Crippen molar-refractivity contribution in [2.75, 3.05) is 13.2 Å². The Balaban J connectivity index is 4.36. The van der Waals surface area contributed by atoms with Gasteiger partial charge in [-0.1, -0.05) is 0 Å². The summed E-state index contributed by atoms with van der Waals surface area (Å²) < 4.78 is 9.92. The van der Waals surface area contributed by atoms with Gasteiger partial charge in [0.25, 0.3) is 0 Å². The van der Waals surface area contributed by atoms with E-state index in [9.17, 15) is 9.59 Å². The average molecular weight is 246 g/mol. The molecule has 0 aliphatic carbocycles. The van der Waals surface area contributed by atoms with Crippen LogP contribution in [0.2, 0.25) is 0 Å². The molecule has 5 heteroatoms. The molecule has 0 aliphatic heterocycles. The fourth-order valence-electron chi connectivity index (χ4n) is 1.06. The number of esters is 2. The smallest absolute Gasteiger partial charge is 0.312 e. The molecular weight excluding hydrogens is 224 g/mol. The maximum Gasteiger partial charge on any atom is 0.312 e. The zero-order valence-electron chi connectivity index (χ0n) is 11.2. The van der Waals surface area contributed by atoms with Crippen LogP contribution in [0, 0.1) is 5.41 Å². The van der Waals surface area contributed by atoms with Crippen molar-refractivity contribution in [1.82, 2.24) is 0 Å². The first kappa shape index (κ1) is 15.9. The van der Waals surface area contributed by atoms with Gasteiger partial charge in [-0.2, -0.15) is 0 Å². The Morgan fingerprint density at radius 2 is 1.65 bits per heavy atom. The highest BCUT2D eigenvalue weighted by Crippen LogP contribution is 2.25. The Bertz CT molecular complexity index is 275. The highest BCUT2D eigenvalue weighted by molar-refractivity contribution is 5.83. The first-order valence-electron chi connectivity index (χ1n) is 5.58. The number of aliphatic hydroxyl groups excluding tert-OH is 1. The van der Waals surface area contributed by atoms with E-state index >= 15 is 0 Å². The van der Waals surface area contributed by atoms with E-state index in [2.05, 4.69) is 0 Å². The fourth-order valence-corrected chi connectivity index (χ4v) is 1.06. The summed E-state index contributed by atoms with van der Waals surface area (Å²) in [5, 5.41) is 8.51. The molecule has 0 spiro atoms. The molecule has 0 heterocycles. The number of aliphatic hydroxyl groups is 1. The Kier molecular flexibility index (Phi) is 5.61. The lowest BCUT2D eigenvalue weighted by molar-refractivity contribution is -0.170. The first-order chi connectivity index (χ1) is 7.58. The molecule has 0 aromatic heterocycles. The van der Waals surface area contributed by atoms with Gasteiger partial charge >= 0.3 is 11.9 Å². The van der Waals surface area contributed by atoms with Crippen LogP contribution in [-0.4, -0.2) is 35.9 Å². The molecule has 5 nitrogen and oxygen atoms in total. The van der Waals surface area contributed by atoms with Crippen LogP contribution < -0.4 is 0 Å². The van der Waals surface area contributed by atoms with Crippen molar-refractivity contribution in [3.63, 3.8) is 0 Å². The van der Waals surface area contributed by atoms with Crippen molar-refractivity contribution in [2.24, 2.45) is 5.41 Å². The van der Waals surface area contributed by atoms with E-state index < -0.39 is 23.0 Å². The quantitative estimate of drug-likeness (QED) is 0.740. The van der Waals surface area contributed by atoms with Crippen LogP contribution in [0.5, 0.6) is 0 Å². The molecule has 0 aromatic carbocycles. The molecule has 1 N–H and O–H groups in total. The Hall–Kier alpha value is -1.10. The second kappa shape index (κ2) is 6.00. The summed E-state index contributed by atoms with van der Waals surface area (Å²) in [4.78, 5) is 23.2. The van der Waals surface area contributed by atoms with Crippen LogP contribution in [0.25, 0.3) is 0 Å². The molecule has 0 rings (SSSR count). The largest absolute Gasteiger partial charge is 0.463 e. The summed E-state index contributed by atoms with van der Waals surface area (Å²) >= 11 is 0. The minimum atomic E-state index is -0.931. The summed E-state index contributed by atoms with van der Waals surface area (Å²) in [6, 6.07) is 0. The molecule has 17 heavy (non-hydrogen) atoms. The monoisotopic (exact) mass is 246 g/mol. The molecule has 0 atom stereocenters. The SMILES string of the molecule is CC(C)(C)OC(=O)C(C)(C)CC(=O)OCCO. The average Bonchev–Trinajstić information content (AvgIpc) is 2.11. The minimum Gasteiger partial charge on any atom is -0.463 e. The van der Waals surface area contributed by atoms with Gasteiger partial charge in [-0.25, -0.2) is 0 Å². The first-order valence-corrected chi connectivity index (χ1v) is 5.58. The van der Waals surface area contributed by atoms with Crippen molar-refractivity contribution in [3.05, 3.63) is 0 Å². The molecule has 0 saturated heterocycles. The normalized spacial score (nSPS) is 12.1. The summed E-state index contributed by atoms with van der Waals surface area (Å²) in [7, 11) is 0. The molecule has 0 saturated carbocycles. The van der Waals surface area contributed by atoms with Gasteiger partial charge in [0.1, 0.15) is 12.2 Å². The molecule has 0 amide bonds. The van der Waals surface area contributed by atoms with Gasteiger partial charge < -0.3 is 14.6 Å². The molecule has 0 aromatic rings. The van der Waals surface area contributed by atoms with E-state index in [1.165, 1.54) is 0 Å². The highest BCUT2D eigenvalue weighted by Gasteiger charge is 2.35. The Morgan fingerprint density at radius 3 is 2.06 bits per heavy atom. The van der Waals surface area contributed by atoms with Gasteiger partial charge in [0, 0.05) is 0 Å². The summed E-state index contributed by atoms with van der Waals surface area (Å²) in [6.45, 7) is 8.28. The van der Waals surface area contributed by atoms with Gasteiger partial charge in [0.15, 0.2) is 0 Å². The minimum absolute atomic E-state index is 0.0523. The fraction of sp³-hybridized carbons (Fsp3) is 0.833. The Morgan fingerprint density at radius 1 is 1.12 bits per heavy atom. The van der Waals surface area contributed by atoms with Crippen molar-refractivity contribution < 1.29 is 24.2 Å². The van der Waals surface area contributed by atoms with Crippen LogP contribution in [0.15, 0.2) is 0 Å². The van der Waals surface area contributed by atoms with E-state index in [1.54, 1.807) is 34.6 Å². The maximum atomic E-state index is 11.8. The molecule has 0 radical (unpaired) electrons. The topological polar surface area (TPSA) is 72.8 Å². The molecule has 100 valence electrons. The van der Waals surface area contributed by atoms with Crippen molar-refractivity contribution >= 4 is 11.9 Å². The molecule has 0 aliphatic rings. The van der Waals surface area contributed by atoms with Crippen molar-refractivity contribution in [2.45, 2.75) is 46.6 Å². The molecule has 0 unspecified atom stereocenters. The number of hydrogen-bond donors (Lipinski definition) is 1. The van der Waals surface area contributed by atoms with Gasteiger partial charge in [0.2, 0.25) is 0 Å². The van der Waals surface area contributed by atoms with Crippen LogP contribution in [-0.2, 0) is 19.1 Å². The van der Waals surface area contributed by atoms with Gasteiger partial charge in [-0.3, -0.25) is 9.59 Å². The third kappa shape index (κ3) is 6.94. The molecular formula is C12H22O5. The van der Waals surface area contributed by atoms with Crippen molar-refractivity contribution in [3.8, 4) is 0 Å². The van der Waals surface area contributed by atoms with E-state index in [0.29, 0.717) is 0 Å². The predicted octanol–water partition coefficient (Wildman–Crippen LogP) is 1.28. The Labute approximate surface area is 102 Å². The predicted molar refractivity (Wildman–Crippen MR) is 62.3 cm³/mol. The number of carbonyl (C=O) groups is 2. The van der Waals surface area contributed by atoms with Crippen LogP contribution in [0.4, 0.5) is 0 Å².